The quantitative estimate of drug-likeness (QED) is 0.189. The van der Waals surface area contributed by atoms with E-state index in [1.54, 1.807) is 0 Å². The molecule has 0 radical (unpaired) electrons. The van der Waals surface area contributed by atoms with E-state index in [0.29, 0.717) is 0 Å². The lowest BCUT2D eigenvalue weighted by atomic mass is 9.82. The molecule has 0 heterocycles. The monoisotopic (exact) mass is 577 g/mol. The van der Waals surface area contributed by atoms with Crippen molar-refractivity contribution in [3.05, 3.63) is 162 Å². The number of hydrogen-bond donors (Lipinski definition) is 0. The van der Waals surface area contributed by atoms with Gasteiger partial charge in [-0.2, -0.15) is 0 Å². The van der Waals surface area contributed by atoms with Gasteiger partial charge in [0, 0.05) is 27.6 Å². The molecule has 1 nitrogen and oxygen atoms in total. The van der Waals surface area contributed by atoms with Gasteiger partial charge in [0.15, 0.2) is 0 Å². The Balaban J connectivity index is 1.33. The van der Waals surface area contributed by atoms with E-state index in [2.05, 4.69) is 172 Å². The predicted molar refractivity (Wildman–Crippen MR) is 191 cm³/mol. The first-order valence-electron chi connectivity index (χ1n) is 16.0. The minimum Gasteiger partial charge on any atom is -0.310 e. The summed E-state index contributed by atoms with van der Waals surface area (Å²) in [6, 6.07) is 52.1. The van der Waals surface area contributed by atoms with Crippen LogP contribution in [-0.2, 0) is 10.8 Å². The molecular weight excluding hydrogens is 542 g/mol. The Morgan fingerprint density at radius 2 is 0.889 bits per heavy atom. The highest BCUT2D eigenvalue weighted by Crippen LogP contribution is 2.53. The van der Waals surface area contributed by atoms with Crippen LogP contribution in [0.1, 0.15) is 49.9 Å². The van der Waals surface area contributed by atoms with Crippen LogP contribution in [0.15, 0.2) is 140 Å². The molecule has 45 heavy (non-hydrogen) atoms. The van der Waals surface area contributed by atoms with E-state index in [-0.39, 0.29) is 10.8 Å². The van der Waals surface area contributed by atoms with Crippen LogP contribution in [0.3, 0.4) is 0 Å². The predicted octanol–water partition coefficient (Wildman–Crippen LogP) is 12.1. The molecular formula is C44H35N. The molecule has 0 aliphatic heterocycles. The molecule has 1 heteroatoms. The average Bonchev–Trinajstić information content (AvgIpc) is 3.44. The van der Waals surface area contributed by atoms with E-state index in [9.17, 15) is 0 Å². The lowest BCUT2D eigenvalue weighted by molar-refractivity contribution is 0.660. The van der Waals surface area contributed by atoms with Crippen LogP contribution >= 0.6 is 0 Å². The second kappa shape index (κ2) is 9.19. The molecule has 0 amide bonds. The Bertz CT molecular complexity index is 2230. The first-order valence-corrected chi connectivity index (χ1v) is 16.0. The van der Waals surface area contributed by atoms with Gasteiger partial charge >= 0.3 is 0 Å². The maximum Gasteiger partial charge on any atom is 0.0546 e. The van der Waals surface area contributed by atoms with Crippen molar-refractivity contribution in [1.29, 1.82) is 0 Å². The van der Waals surface area contributed by atoms with Crippen molar-refractivity contribution in [3.8, 4) is 22.3 Å². The van der Waals surface area contributed by atoms with E-state index in [1.807, 2.05) is 0 Å². The summed E-state index contributed by atoms with van der Waals surface area (Å²) in [6.07, 6.45) is 0. The summed E-state index contributed by atoms with van der Waals surface area (Å²) in [5.41, 5.74) is 14.3. The fourth-order valence-electron chi connectivity index (χ4n) is 8.32. The van der Waals surface area contributed by atoms with E-state index in [1.165, 1.54) is 83.1 Å². The maximum atomic E-state index is 2.51. The number of fused-ring (bicyclic) bond motifs is 9. The summed E-state index contributed by atoms with van der Waals surface area (Å²) in [5.74, 6) is 0. The van der Waals surface area contributed by atoms with Crippen LogP contribution < -0.4 is 4.90 Å². The third kappa shape index (κ3) is 3.61. The molecule has 0 bridgehead atoms. The van der Waals surface area contributed by atoms with Crippen molar-refractivity contribution >= 4 is 38.6 Å². The molecule has 2 aliphatic carbocycles. The van der Waals surface area contributed by atoms with Gasteiger partial charge in [0.05, 0.1) is 5.69 Å². The molecule has 0 saturated carbocycles. The maximum absolute atomic E-state index is 2.51. The van der Waals surface area contributed by atoms with E-state index in [0.717, 1.165) is 0 Å². The van der Waals surface area contributed by atoms with Gasteiger partial charge in [-0.3, -0.25) is 0 Å². The molecule has 216 valence electrons. The number of hydrogen-bond acceptors (Lipinski definition) is 1. The van der Waals surface area contributed by atoms with Crippen LogP contribution in [0.25, 0.3) is 43.8 Å². The molecule has 0 unspecified atom stereocenters. The molecule has 0 fully saturated rings. The highest BCUT2D eigenvalue weighted by Gasteiger charge is 2.37. The molecule has 0 N–H and O–H groups in total. The summed E-state index contributed by atoms with van der Waals surface area (Å²) in [5, 5.41) is 5.06. The minimum absolute atomic E-state index is 0.0827. The zero-order chi connectivity index (χ0) is 30.5. The Labute approximate surface area is 265 Å². The van der Waals surface area contributed by atoms with Gasteiger partial charge in [0.25, 0.3) is 0 Å². The topological polar surface area (TPSA) is 3.24 Å². The van der Waals surface area contributed by atoms with Gasteiger partial charge in [-0.25, -0.2) is 0 Å². The number of anilines is 3. The molecule has 9 rings (SSSR count). The van der Waals surface area contributed by atoms with Crippen LogP contribution in [0.5, 0.6) is 0 Å². The summed E-state index contributed by atoms with van der Waals surface area (Å²) >= 11 is 0. The van der Waals surface area contributed by atoms with E-state index >= 15 is 0 Å². The summed E-state index contributed by atoms with van der Waals surface area (Å²) < 4.78 is 0. The van der Waals surface area contributed by atoms with Gasteiger partial charge in [0.1, 0.15) is 0 Å². The van der Waals surface area contributed by atoms with Crippen molar-refractivity contribution in [2.75, 3.05) is 4.90 Å². The summed E-state index contributed by atoms with van der Waals surface area (Å²) in [6.45, 7) is 9.47. The average molecular weight is 578 g/mol. The molecule has 7 aromatic carbocycles. The number of benzene rings is 7. The van der Waals surface area contributed by atoms with Crippen molar-refractivity contribution in [3.63, 3.8) is 0 Å². The van der Waals surface area contributed by atoms with Crippen molar-refractivity contribution < 1.29 is 0 Å². The second-order valence-corrected chi connectivity index (χ2v) is 13.8. The van der Waals surface area contributed by atoms with E-state index in [4.69, 9.17) is 0 Å². The molecule has 2 aliphatic rings. The molecule has 7 aromatic rings. The normalized spacial score (nSPS) is 15.0. The highest BCUT2D eigenvalue weighted by molar-refractivity contribution is 6.15. The van der Waals surface area contributed by atoms with Crippen LogP contribution in [0.4, 0.5) is 17.1 Å². The van der Waals surface area contributed by atoms with Gasteiger partial charge in [-0.1, -0.05) is 137 Å². The van der Waals surface area contributed by atoms with Crippen molar-refractivity contribution in [2.24, 2.45) is 0 Å². The van der Waals surface area contributed by atoms with Gasteiger partial charge in [-0.15, -0.1) is 0 Å². The van der Waals surface area contributed by atoms with Gasteiger partial charge in [0.2, 0.25) is 0 Å². The summed E-state index contributed by atoms with van der Waals surface area (Å²) in [7, 11) is 0. The number of nitrogens with zero attached hydrogens (tertiary/aromatic N) is 1. The van der Waals surface area contributed by atoms with Gasteiger partial charge < -0.3 is 4.90 Å². The Kier molecular flexibility index (Phi) is 5.37. The van der Waals surface area contributed by atoms with Gasteiger partial charge in [-0.05, 0) is 91.0 Å². The standard InChI is InChI=1S/C44H35N/c1-43(2)37-17-9-7-15-33(37)35-24-22-30(26-39(35)43)45(41-19-11-13-29-21-20-28-12-5-6-14-32(28)42(29)41)31-23-25-36-34-16-8-10-18-38(34)44(3,4)40(36)27-31/h5-27H,1-4H3. The van der Waals surface area contributed by atoms with Crippen LogP contribution in [-0.4, -0.2) is 0 Å². The smallest absolute Gasteiger partial charge is 0.0546 e. The Hall–Kier alpha value is -5.14. The Morgan fingerprint density at radius 3 is 1.51 bits per heavy atom. The lowest BCUT2D eigenvalue weighted by Crippen LogP contribution is -2.18. The second-order valence-electron chi connectivity index (χ2n) is 13.8. The van der Waals surface area contributed by atoms with E-state index < -0.39 is 0 Å². The molecule has 0 atom stereocenters. The first-order chi connectivity index (χ1) is 21.8. The lowest BCUT2D eigenvalue weighted by Gasteiger charge is -2.30. The zero-order valence-corrected chi connectivity index (χ0v) is 26.2. The summed E-state index contributed by atoms with van der Waals surface area (Å²) in [4.78, 5) is 2.51. The minimum atomic E-state index is -0.0827. The molecule has 0 aromatic heterocycles. The fraction of sp³-hybridized carbons (Fsp3) is 0.136. The molecule has 0 saturated heterocycles. The van der Waals surface area contributed by atoms with Crippen molar-refractivity contribution in [2.45, 2.75) is 38.5 Å². The largest absolute Gasteiger partial charge is 0.310 e. The zero-order valence-electron chi connectivity index (χ0n) is 26.2. The van der Waals surface area contributed by atoms with Crippen LogP contribution in [0.2, 0.25) is 0 Å². The first kappa shape index (κ1) is 26.3. The number of rotatable bonds is 3. The highest BCUT2D eigenvalue weighted by atomic mass is 15.1. The molecule has 0 spiro atoms. The third-order valence-corrected chi connectivity index (χ3v) is 10.6. The Morgan fingerprint density at radius 1 is 0.400 bits per heavy atom. The van der Waals surface area contributed by atoms with Crippen molar-refractivity contribution in [1.82, 2.24) is 0 Å². The third-order valence-electron chi connectivity index (χ3n) is 10.6. The van der Waals surface area contributed by atoms with Crippen LogP contribution in [0, 0.1) is 0 Å². The SMILES string of the molecule is CC1(C)c2ccccc2-c2ccc(N(c3ccc4c(c3)C(C)(C)c3ccccc3-4)c3cccc4ccc5ccccc5c34)cc21. The fourth-order valence-corrected chi connectivity index (χ4v) is 8.32.